The van der Waals surface area contributed by atoms with Crippen LogP contribution in [0.1, 0.15) is 0 Å². The minimum absolute atomic E-state index is 0.0900. The van der Waals surface area contributed by atoms with Gasteiger partial charge in [-0.2, -0.15) is 0 Å². The van der Waals surface area contributed by atoms with Crippen LogP contribution in [0.4, 0.5) is 0 Å². The molecule has 0 saturated carbocycles. The van der Waals surface area contributed by atoms with E-state index in [-0.39, 0.29) is 26.4 Å². The lowest BCUT2D eigenvalue weighted by molar-refractivity contribution is 0.202. The van der Waals surface area contributed by atoms with Crippen molar-refractivity contribution in [2.24, 2.45) is 0 Å². The number of aliphatic hydroxyl groups is 2. The number of ether oxygens (including phenoxy) is 6. The molecule has 0 radical (unpaired) electrons. The van der Waals surface area contributed by atoms with Gasteiger partial charge in [0.25, 0.3) is 0 Å². The molecule has 0 atom stereocenters. The predicted octanol–water partition coefficient (Wildman–Crippen LogP) is 12.4. The summed E-state index contributed by atoms with van der Waals surface area (Å²) in [5.74, 6) is 4.24. The summed E-state index contributed by atoms with van der Waals surface area (Å²) in [5, 5.41) is 29.8. The Balaban J connectivity index is 0.836. The quantitative estimate of drug-likeness (QED) is 0.0823. The Bertz CT molecular complexity index is 3110. The van der Waals surface area contributed by atoms with Gasteiger partial charge < -0.3 is 38.6 Å². The van der Waals surface area contributed by atoms with Gasteiger partial charge in [-0.15, -0.1) is 0 Å². The predicted molar refractivity (Wildman–Crippen MR) is 265 cm³/mol. The molecule has 0 amide bonds. The van der Waals surface area contributed by atoms with Crippen molar-refractivity contribution in [2.45, 2.75) is 0 Å². The highest BCUT2D eigenvalue weighted by Crippen LogP contribution is 2.47. The molecule has 8 heteroatoms. The first kappa shape index (κ1) is 42.2. The average molecular weight is 873 g/mol. The number of hydrogen-bond donors (Lipinski definition) is 2. The van der Waals surface area contributed by atoms with E-state index in [1.54, 1.807) is 0 Å². The minimum atomic E-state index is -0.0900. The van der Waals surface area contributed by atoms with Crippen molar-refractivity contribution in [3.05, 3.63) is 182 Å². The monoisotopic (exact) mass is 872 g/mol. The Kier molecular flexibility index (Phi) is 12.5. The van der Waals surface area contributed by atoms with Crippen LogP contribution in [0.25, 0.3) is 76.1 Å². The number of hydrogen-bond acceptors (Lipinski definition) is 8. The Morgan fingerprint density at radius 1 is 0.258 bits per heavy atom. The van der Waals surface area contributed by atoms with Crippen LogP contribution in [0.15, 0.2) is 182 Å². The molecule has 0 aliphatic carbocycles. The van der Waals surface area contributed by atoms with Crippen molar-refractivity contribution in [3.8, 4) is 56.8 Å². The maximum atomic E-state index is 9.65. The fourth-order valence-electron chi connectivity index (χ4n) is 8.83. The van der Waals surface area contributed by atoms with Crippen molar-refractivity contribution >= 4 is 53.9 Å². The fourth-order valence-corrected chi connectivity index (χ4v) is 8.83. The van der Waals surface area contributed by atoms with Gasteiger partial charge >= 0.3 is 0 Å². The normalized spacial score (nSPS) is 11.4. The lowest BCUT2D eigenvalue weighted by Crippen LogP contribution is -2.10. The Hall–Kier alpha value is -7.78. The summed E-state index contributed by atoms with van der Waals surface area (Å²) in [6, 6.07) is 61.2. The third-order valence-corrected chi connectivity index (χ3v) is 11.8. The fraction of sp³-hybridized carbons (Fsp3) is 0.138. The summed E-state index contributed by atoms with van der Waals surface area (Å²) < 4.78 is 37.9. The van der Waals surface area contributed by atoms with E-state index in [1.165, 1.54) is 0 Å². The molecule has 2 N–H and O–H groups in total. The SMILES string of the molecule is OCCOc1ccc2ccccc2c1-c1c(OCCOc2ccc3ccc(OCCOc4ccc5ccccc5c4-c4c(OCCO)ccc5ccccc45)cc3c2)ccc2ccccc12. The maximum Gasteiger partial charge on any atom is 0.128 e. The molecule has 0 spiro atoms. The molecule has 328 valence electrons. The molecule has 0 aromatic heterocycles. The average Bonchev–Trinajstić information content (AvgIpc) is 3.37. The highest BCUT2D eigenvalue weighted by atomic mass is 16.5. The Morgan fingerprint density at radius 2 is 0.545 bits per heavy atom. The molecule has 10 aromatic carbocycles. The van der Waals surface area contributed by atoms with Crippen molar-refractivity contribution in [3.63, 3.8) is 0 Å². The first-order valence-electron chi connectivity index (χ1n) is 22.3. The molecule has 0 aliphatic heterocycles. The highest BCUT2D eigenvalue weighted by molar-refractivity contribution is 6.11. The molecular formula is C58H48O8. The number of aliphatic hydroxyl groups excluding tert-OH is 2. The van der Waals surface area contributed by atoms with Crippen LogP contribution in [0.2, 0.25) is 0 Å². The summed E-state index contributed by atoms with van der Waals surface area (Å²) in [4.78, 5) is 0. The number of rotatable bonds is 18. The molecule has 8 nitrogen and oxygen atoms in total. The summed E-state index contributed by atoms with van der Waals surface area (Å²) in [5.41, 5.74) is 3.71. The van der Waals surface area contributed by atoms with Crippen LogP contribution >= 0.6 is 0 Å². The molecule has 0 bridgehead atoms. The van der Waals surface area contributed by atoms with Gasteiger partial charge in [0.2, 0.25) is 0 Å². The smallest absolute Gasteiger partial charge is 0.128 e. The van der Waals surface area contributed by atoms with Crippen LogP contribution in [0.3, 0.4) is 0 Å². The van der Waals surface area contributed by atoms with Gasteiger partial charge in [0.15, 0.2) is 0 Å². The maximum absolute atomic E-state index is 9.65. The van der Waals surface area contributed by atoms with Gasteiger partial charge in [0.05, 0.1) is 13.2 Å². The molecule has 10 rings (SSSR count). The van der Waals surface area contributed by atoms with Gasteiger partial charge in [0.1, 0.15) is 74.1 Å². The van der Waals surface area contributed by atoms with Crippen molar-refractivity contribution in [1.29, 1.82) is 0 Å². The Morgan fingerprint density at radius 3 is 0.879 bits per heavy atom. The van der Waals surface area contributed by atoms with E-state index >= 15 is 0 Å². The second kappa shape index (κ2) is 19.5. The zero-order valence-corrected chi connectivity index (χ0v) is 36.3. The van der Waals surface area contributed by atoms with Gasteiger partial charge in [-0.3, -0.25) is 0 Å². The van der Waals surface area contributed by atoms with Crippen LogP contribution < -0.4 is 28.4 Å². The molecule has 66 heavy (non-hydrogen) atoms. The third-order valence-electron chi connectivity index (χ3n) is 11.8. The lowest BCUT2D eigenvalue weighted by Gasteiger charge is -2.20. The molecule has 0 saturated heterocycles. The van der Waals surface area contributed by atoms with E-state index in [0.717, 1.165) is 87.6 Å². The van der Waals surface area contributed by atoms with Gasteiger partial charge in [0, 0.05) is 22.3 Å². The molecule has 0 heterocycles. The first-order valence-corrected chi connectivity index (χ1v) is 22.3. The summed E-state index contributed by atoms with van der Waals surface area (Å²) in [7, 11) is 0. The largest absolute Gasteiger partial charge is 0.491 e. The zero-order valence-electron chi connectivity index (χ0n) is 36.3. The molecule has 0 fully saturated rings. The minimum Gasteiger partial charge on any atom is -0.491 e. The second-order valence-corrected chi connectivity index (χ2v) is 15.8. The summed E-state index contributed by atoms with van der Waals surface area (Å²) in [6.07, 6.45) is 0. The van der Waals surface area contributed by atoms with Crippen LogP contribution in [0, 0.1) is 0 Å². The van der Waals surface area contributed by atoms with E-state index < -0.39 is 0 Å². The molecule has 10 aromatic rings. The second-order valence-electron chi connectivity index (χ2n) is 15.8. The molecule has 0 aliphatic rings. The van der Waals surface area contributed by atoms with Crippen LogP contribution in [0.5, 0.6) is 34.5 Å². The van der Waals surface area contributed by atoms with Crippen molar-refractivity contribution in [1.82, 2.24) is 0 Å². The summed E-state index contributed by atoms with van der Waals surface area (Å²) >= 11 is 0. The van der Waals surface area contributed by atoms with E-state index in [4.69, 9.17) is 28.4 Å². The van der Waals surface area contributed by atoms with Crippen LogP contribution in [-0.4, -0.2) is 63.1 Å². The van der Waals surface area contributed by atoms with E-state index in [2.05, 4.69) is 60.7 Å². The molecular weight excluding hydrogens is 825 g/mol. The Labute approximate surface area is 382 Å². The molecule has 0 unspecified atom stereocenters. The van der Waals surface area contributed by atoms with Gasteiger partial charge in [-0.25, -0.2) is 0 Å². The zero-order chi connectivity index (χ0) is 44.7. The third kappa shape index (κ3) is 8.72. The van der Waals surface area contributed by atoms with E-state index in [9.17, 15) is 10.2 Å². The van der Waals surface area contributed by atoms with Gasteiger partial charge in [-0.1, -0.05) is 133 Å². The van der Waals surface area contributed by atoms with Crippen LogP contribution in [-0.2, 0) is 0 Å². The van der Waals surface area contributed by atoms with Gasteiger partial charge in [-0.05, 0) is 102 Å². The van der Waals surface area contributed by atoms with E-state index in [1.807, 2.05) is 121 Å². The summed E-state index contributed by atoms with van der Waals surface area (Å²) in [6.45, 7) is 1.43. The highest BCUT2D eigenvalue weighted by Gasteiger charge is 2.21. The number of fused-ring (bicyclic) bond motifs is 5. The standard InChI is InChI=1S/C58H48O8/c59-29-31-63-51-25-19-40-9-1-5-13-47(40)55(51)57-49-15-7-3-11-42(49)21-27-53(57)65-35-33-61-45-23-17-39-18-24-46(38-44(39)37-45)62-34-36-66-54-28-22-43-12-4-8-16-50(43)58(54)56-48-14-6-2-10-41(48)20-26-52(56)64-32-30-60/h1-28,37-38,59-60H,29-36H2. The van der Waals surface area contributed by atoms with Crippen molar-refractivity contribution in [2.75, 3.05) is 52.9 Å². The topological polar surface area (TPSA) is 95.8 Å². The lowest BCUT2D eigenvalue weighted by atomic mass is 9.92. The first-order chi connectivity index (χ1) is 32.7. The van der Waals surface area contributed by atoms with Crippen molar-refractivity contribution < 1.29 is 38.6 Å². The van der Waals surface area contributed by atoms with E-state index in [0.29, 0.717) is 49.4 Å². The number of benzene rings is 10.